The van der Waals surface area contributed by atoms with E-state index in [0.29, 0.717) is 0 Å². The van der Waals surface area contributed by atoms with Gasteiger partial charge in [0.05, 0.1) is 5.52 Å². The number of nitrogens with zero attached hydrogens (tertiary/aromatic N) is 3. The SMILES string of the molecule is C[C@@H]1CCCN(c2cc(N3CCCC3)nc3ccccc23)C1. The third-order valence-electron chi connectivity index (χ3n) is 5.11. The van der Waals surface area contributed by atoms with E-state index < -0.39 is 0 Å². The average molecular weight is 295 g/mol. The first kappa shape index (κ1) is 13.9. The van der Waals surface area contributed by atoms with Crippen LogP contribution in [0.25, 0.3) is 10.9 Å². The number of aromatic nitrogens is 1. The molecule has 2 fully saturated rings. The number of piperidine rings is 1. The lowest BCUT2D eigenvalue weighted by Crippen LogP contribution is -2.34. The Morgan fingerprint density at radius 1 is 1.00 bits per heavy atom. The number of fused-ring (bicyclic) bond motifs is 1. The molecule has 2 aliphatic heterocycles. The summed E-state index contributed by atoms with van der Waals surface area (Å²) in [5.74, 6) is 1.96. The largest absolute Gasteiger partial charge is 0.371 e. The smallest absolute Gasteiger partial charge is 0.131 e. The van der Waals surface area contributed by atoms with Gasteiger partial charge >= 0.3 is 0 Å². The Kier molecular flexibility index (Phi) is 3.65. The zero-order chi connectivity index (χ0) is 14.9. The van der Waals surface area contributed by atoms with Gasteiger partial charge in [0.15, 0.2) is 0 Å². The van der Waals surface area contributed by atoms with Crippen molar-refractivity contribution in [2.75, 3.05) is 36.0 Å². The van der Waals surface area contributed by atoms with Gasteiger partial charge in [-0.05, 0) is 37.7 Å². The summed E-state index contributed by atoms with van der Waals surface area (Å²) < 4.78 is 0. The van der Waals surface area contributed by atoms with Crippen molar-refractivity contribution in [2.24, 2.45) is 5.92 Å². The first-order valence-corrected chi connectivity index (χ1v) is 8.71. The van der Waals surface area contributed by atoms with Crippen molar-refractivity contribution in [3.63, 3.8) is 0 Å². The molecule has 2 aliphatic rings. The van der Waals surface area contributed by atoms with Crippen molar-refractivity contribution in [1.82, 2.24) is 4.98 Å². The number of hydrogen-bond donors (Lipinski definition) is 0. The second-order valence-corrected chi connectivity index (χ2v) is 6.90. The van der Waals surface area contributed by atoms with Crippen LogP contribution in [0.2, 0.25) is 0 Å². The summed E-state index contributed by atoms with van der Waals surface area (Å²) in [6.07, 6.45) is 5.25. The number of hydrogen-bond acceptors (Lipinski definition) is 3. The summed E-state index contributed by atoms with van der Waals surface area (Å²) in [6, 6.07) is 11.0. The van der Waals surface area contributed by atoms with E-state index in [4.69, 9.17) is 4.98 Å². The van der Waals surface area contributed by atoms with E-state index in [1.807, 2.05) is 0 Å². The van der Waals surface area contributed by atoms with E-state index in [0.717, 1.165) is 24.5 Å². The van der Waals surface area contributed by atoms with E-state index in [2.05, 4.69) is 47.1 Å². The number of para-hydroxylation sites is 1. The van der Waals surface area contributed by atoms with E-state index in [9.17, 15) is 0 Å². The van der Waals surface area contributed by atoms with Crippen LogP contribution in [0.15, 0.2) is 30.3 Å². The summed E-state index contributed by atoms with van der Waals surface area (Å²) >= 11 is 0. The fraction of sp³-hybridized carbons (Fsp3) is 0.526. The van der Waals surface area contributed by atoms with Gasteiger partial charge in [-0.3, -0.25) is 0 Å². The van der Waals surface area contributed by atoms with Crippen molar-refractivity contribution in [2.45, 2.75) is 32.6 Å². The molecule has 0 saturated carbocycles. The van der Waals surface area contributed by atoms with Crippen LogP contribution < -0.4 is 9.80 Å². The van der Waals surface area contributed by atoms with E-state index >= 15 is 0 Å². The zero-order valence-electron chi connectivity index (χ0n) is 13.5. The molecule has 0 aliphatic carbocycles. The van der Waals surface area contributed by atoms with Crippen molar-refractivity contribution in [3.05, 3.63) is 30.3 Å². The highest BCUT2D eigenvalue weighted by Gasteiger charge is 2.21. The maximum Gasteiger partial charge on any atom is 0.131 e. The summed E-state index contributed by atoms with van der Waals surface area (Å²) in [7, 11) is 0. The van der Waals surface area contributed by atoms with Crippen molar-refractivity contribution in [1.29, 1.82) is 0 Å². The van der Waals surface area contributed by atoms with E-state index in [1.165, 1.54) is 55.7 Å². The summed E-state index contributed by atoms with van der Waals surface area (Å²) in [6.45, 7) is 7.03. The highest BCUT2D eigenvalue weighted by molar-refractivity contribution is 5.93. The highest BCUT2D eigenvalue weighted by Crippen LogP contribution is 2.33. The quantitative estimate of drug-likeness (QED) is 0.832. The van der Waals surface area contributed by atoms with Gasteiger partial charge in [-0.25, -0.2) is 4.98 Å². The first-order valence-electron chi connectivity index (χ1n) is 8.71. The zero-order valence-corrected chi connectivity index (χ0v) is 13.5. The molecule has 1 atom stereocenters. The van der Waals surface area contributed by atoms with Gasteiger partial charge in [0.25, 0.3) is 0 Å². The Hall–Kier alpha value is -1.77. The minimum Gasteiger partial charge on any atom is -0.371 e. The first-order chi connectivity index (χ1) is 10.8. The van der Waals surface area contributed by atoms with E-state index in [-0.39, 0.29) is 0 Å². The third kappa shape index (κ3) is 2.53. The van der Waals surface area contributed by atoms with Gasteiger partial charge in [-0.1, -0.05) is 25.1 Å². The lowest BCUT2D eigenvalue weighted by Gasteiger charge is -2.34. The number of benzene rings is 1. The van der Waals surface area contributed by atoms with Crippen LogP contribution in [0.4, 0.5) is 11.5 Å². The molecule has 3 heteroatoms. The maximum atomic E-state index is 4.93. The average Bonchev–Trinajstić information content (AvgIpc) is 3.08. The van der Waals surface area contributed by atoms with Crippen LogP contribution in [0.1, 0.15) is 32.6 Å². The minimum absolute atomic E-state index is 0.788. The van der Waals surface area contributed by atoms with Crippen LogP contribution in [0, 0.1) is 5.92 Å². The van der Waals surface area contributed by atoms with Crippen LogP contribution in [-0.4, -0.2) is 31.2 Å². The molecule has 0 unspecified atom stereocenters. The Morgan fingerprint density at radius 3 is 2.59 bits per heavy atom. The normalized spacial score (nSPS) is 22.5. The standard InChI is InChI=1S/C19H25N3/c1-15-7-6-12-22(14-15)18-13-19(21-10-4-5-11-21)20-17-9-3-2-8-16(17)18/h2-3,8-9,13,15H,4-7,10-12,14H2,1H3/t15-/m1/s1. The molecule has 0 bridgehead atoms. The van der Waals surface area contributed by atoms with Crippen LogP contribution in [0.3, 0.4) is 0 Å². The Morgan fingerprint density at radius 2 is 1.77 bits per heavy atom. The van der Waals surface area contributed by atoms with Gasteiger partial charge < -0.3 is 9.80 Å². The third-order valence-corrected chi connectivity index (χ3v) is 5.11. The molecular formula is C19H25N3. The molecular weight excluding hydrogens is 270 g/mol. The number of rotatable bonds is 2. The fourth-order valence-electron chi connectivity index (χ4n) is 3.92. The fourth-order valence-corrected chi connectivity index (χ4v) is 3.92. The molecule has 4 rings (SSSR count). The Labute approximate surface area is 132 Å². The van der Waals surface area contributed by atoms with Crippen molar-refractivity contribution in [3.8, 4) is 0 Å². The van der Waals surface area contributed by atoms with Crippen LogP contribution in [-0.2, 0) is 0 Å². The molecule has 1 aromatic carbocycles. The van der Waals surface area contributed by atoms with Crippen molar-refractivity contribution < 1.29 is 0 Å². The van der Waals surface area contributed by atoms with Gasteiger partial charge in [0.2, 0.25) is 0 Å². The second kappa shape index (κ2) is 5.79. The monoisotopic (exact) mass is 295 g/mol. The second-order valence-electron chi connectivity index (χ2n) is 6.90. The van der Waals surface area contributed by atoms with Crippen LogP contribution >= 0.6 is 0 Å². The number of anilines is 2. The molecule has 0 N–H and O–H groups in total. The van der Waals surface area contributed by atoms with Gasteiger partial charge in [0, 0.05) is 43.3 Å². The Bertz CT molecular complexity index is 661. The minimum atomic E-state index is 0.788. The molecule has 22 heavy (non-hydrogen) atoms. The van der Waals surface area contributed by atoms with Gasteiger partial charge in [-0.2, -0.15) is 0 Å². The molecule has 2 aromatic rings. The summed E-state index contributed by atoms with van der Waals surface area (Å²) in [5, 5.41) is 1.31. The molecule has 2 saturated heterocycles. The molecule has 0 amide bonds. The topological polar surface area (TPSA) is 19.4 Å². The lowest BCUT2D eigenvalue weighted by molar-refractivity contribution is 0.447. The molecule has 3 nitrogen and oxygen atoms in total. The lowest BCUT2D eigenvalue weighted by atomic mass is 9.99. The van der Waals surface area contributed by atoms with Crippen LogP contribution in [0.5, 0.6) is 0 Å². The Balaban J connectivity index is 1.80. The molecule has 3 heterocycles. The van der Waals surface area contributed by atoms with E-state index in [1.54, 1.807) is 0 Å². The molecule has 0 radical (unpaired) electrons. The molecule has 116 valence electrons. The summed E-state index contributed by atoms with van der Waals surface area (Å²) in [5.41, 5.74) is 2.53. The predicted molar refractivity (Wildman–Crippen MR) is 93.8 cm³/mol. The molecule has 0 spiro atoms. The highest BCUT2D eigenvalue weighted by atomic mass is 15.2. The number of pyridine rings is 1. The van der Waals surface area contributed by atoms with Gasteiger partial charge in [0.1, 0.15) is 5.82 Å². The molecule has 1 aromatic heterocycles. The van der Waals surface area contributed by atoms with Crippen molar-refractivity contribution >= 4 is 22.4 Å². The predicted octanol–water partition coefficient (Wildman–Crippen LogP) is 4.07. The van der Waals surface area contributed by atoms with Gasteiger partial charge in [-0.15, -0.1) is 0 Å². The summed E-state index contributed by atoms with van der Waals surface area (Å²) in [4.78, 5) is 9.96. The maximum absolute atomic E-state index is 4.93.